The Morgan fingerprint density at radius 1 is 0.923 bits per heavy atom. The van der Waals surface area contributed by atoms with E-state index in [2.05, 4.69) is 42.5 Å². The van der Waals surface area contributed by atoms with Gasteiger partial charge in [-0.1, -0.05) is 0 Å². The third-order valence-corrected chi connectivity index (χ3v) is 3.80. The van der Waals surface area contributed by atoms with Crippen LogP contribution in [0.1, 0.15) is 11.1 Å². The van der Waals surface area contributed by atoms with E-state index in [-0.39, 0.29) is 0 Å². The first-order valence-corrected chi connectivity index (χ1v) is 5.86. The molecule has 0 spiro atoms. The van der Waals surface area contributed by atoms with Crippen molar-refractivity contribution < 1.29 is 0 Å². The molecule has 0 aliphatic heterocycles. The Balaban J connectivity index is 2.59. The van der Waals surface area contributed by atoms with Crippen LogP contribution in [0.3, 0.4) is 0 Å². The first kappa shape index (κ1) is 7.71. The summed E-state index contributed by atoms with van der Waals surface area (Å²) in [5, 5.41) is 2.80. The summed E-state index contributed by atoms with van der Waals surface area (Å²) in [6.07, 6.45) is 2.30. The molecule has 1 aliphatic rings. The van der Waals surface area contributed by atoms with Crippen molar-refractivity contribution in [1.29, 1.82) is 0 Å². The standard InChI is InChI=1S/C12H7.Po/c1-3-9-4-2-6-11-8-7-10(5-1)12(9)11;/h1-7H;. The van der Waals surface area contributed by atoms with Gasteiger partial charge in [-0.05, 0) is 0 Å². The van der Waals surface area contributed by atoms with Crippen LogP contribution in [0.4, 0.5) is 0 Å². The molecular weight excluding hydrogens is 353 g/mol. The molecule has 3 rings (SSSR count). The Bertz CT molecular complexity index is 518. The molecule has 1 heteroatoms. The zero-order valence-corrected chi connectivity index (χ0v) is 10.1. The van der Waals surface area contributed by atoms with Crippen LogP contribution in [0.5, 0.6) is 0 Å². The fourth-order valence-electron chi connectivity index (χ4n) is 1.91. The first-order chi connectivity index (χ1) is 6.36. The van der Waals surface area contributed by atoms with Crippen molar-refractivity contribution in [3.8, 4) is 0 Å². The van der Waals surface area contributed by atoms with Crippen molar-refractivity contribution in [3.63, 3.8) is 0 Å². The molecule has 0 N–H and O–H groups in total. The molecule has 0 bridgehead atoms. The predicted molar refractivity (Wildman–Crippen MR) is 57.6 cm³/mol. The van der Waals surface area contributed by atoms with Crippen LogP contribution in [0, 0.1) is 0 Å². The van der Waals surface area contributed by atoms with Gasteiger partial charge in [0.05, 0.1) is 0 Å². The van der Waals surface area contributed by atoms with Gasteiger partial charge in [0.25, 0.3) is 0 Å². The minimum atomic E-state index is 1.36. The Hall–Kier alpha value is -0.664. The van der Waals surface area contributed by atoms with Gasteiger partial charge in [0.15, 0.2) is 0 Å². The second-order valence-electron chi connectivity index (χ2n) is 3.26. The molecule has 13 heavy (non-hydrogen) atoms. The van der Waals surface area contributed by atoms with Crippen molar-refractivity contribution >= 4 is 45.1 Å². The predicted octanol–water partition coefficient (Wildman–Crippen LogP) is 2.82. The van der Waals surface area contributed by atoms with E-state index in [1.807, 2.05) is 0 Å². The minimum absolute atomic E-state index is 1.36. The van der Waals surface area contributed by atoms with E-state index in [0.717, 1.165) is 0 Å². The second-order valence-corrected chi connectivity index (χ2v) is 4.97. The van der Waals surface area contributed by atoms with Gasteiger partial charge < -0.3 is 0 Å². The van der Waals surface area contributed by atoms with Crippen LogP contribution >= 0.6 is 0 Å². The monoisotopic (exact) mass is 360 g/mol. The van der Waals surface area contributed by atoms with Crippen LogP contribution in [0.2, 0.25) is 0 Å². The maximum atomic E-state index is 2.30. The number of hydrogen-bond donors (Lipinski definition) is 0. The Morgan fingerprint density at radius 2 is 1.69 bits per heavy atom. The SMILES string of the molecule is [Po][C]1=Cc2cccc3cccc1c23. The first-order valence-electron chi connectivity index (χ1n) is 4.27. The molecule has 0 aromatic heterocycles. The van der Waals surface area contributed by atoms with Gasteiger partial charge >= 0.3 is 92.7 Å². The number of benzene rings is 2. The average molecular weight is 360 g/mol. The molecule has 2 aromatic rings. The Morgan fingerprint density at radius 3 is 2.54 bits per heavy atom. The van der Waals surface area contributed by atoms with Gasteiger partial charge in [-0.25, -0.2) is 0 Å². The van der Waals surface area contributed by atoms with Crippen LogP contribution < -0.4 is 0 Å². The van der Waals surface area contributed by atoms with Crippen molar-refractivity contribution in [3.05, 3.63) is 47.5 Å². The average Bonchev–Trinajstić information content (AvgIpc) is 2.47. The summed E-state index contributed by atoms with van der Waals surface area (Å²) in [7, 11) is 0. The van der Waals surface area contributed by atoms with Crippen molar-refractivity contribution in [1.82, 2.24) is 0 Å². The van der Waals surface area contributed by atoms with E-state index in [4.69, 9.17) is 0 Å². The van der Waals surface area contributed by atoms with E-state index < -0.39 is 0 Å². The van der Waals surface area contributed by atoms with E-state index in [9.17, 15) is 0 Å². The quantitative estimate of drug-likeness (QED) is 0.678. The van der Waals surface area contributed by atoms with Gasteiger partial charge in [-0.15, -0.1) is 0 Å². The fraction of sp³-hybridized carbons (Fsp3) is 0. The maximum absolute atomic E-state index is 2.30. The topological polar surface area (TPSA) is 0 Å². The van der Waals surface area contributed by atoms with Crippen molar-refractivity contribution in [2.45, 2.75) is 0 Å². The van der Waals surface area contributed by atoms with Gasteiger partial charge in [0, 0.05) is 0 Å². The molecule has 61 valence electrons. The Kier molecular flexibility index (Phi) is 1.58. The van der Waals surface area contributed by atoms with Crippen molar-refractivity contribution in [2.75, 3.05) is 0 Å². The molecule has 0 saturated carbocycles. The van der Waals surface area contributed by atoms with Gasteiger partial charge in [-0.3, -0.25) is 0 Å². The molecule has 0 fully saturated rings. The summed E-state index contributed by atoms with van der Waals surface area (Å²) in [4.78, 5) is 0. The molecule has 0 heterocycles. The third kappa shape index (κ3) is 1.01. The van der Waals surface area contributed by atoms with E-state index >= 15 is 0 Å². The third-order valence-electron chi connectivity index (χ3n) is 2.49. The summed E-state index contributed by atoms with van der Waals surface area (Å²) in [6.45, 7) is 0. The van der Waals surface area contributed by atoms with E-state index in [1.165, 1.54) is 25.1 Å². The van der Waals surface area contributed by atoms with Crippen LogP contribution in [0.15, 0.2) is 36.4 Å². The zero-order chi connectivity index (χ0) is 8.84. The Labute approximate surface area is 92.4 Å². The summed E-state index contributed by atoms with van der Waals surface area (Å²) < 4.78 is 1.46. The molecule has 0 atom stereocenters. The molecule has 0 amide bonds. The number of rotatable bonds is 0. The summed E-state index contributed by atoms with van der Waals surface area (Å²) in [5.74, 6) is 0. The molecule has 0 unspecified atom stereocenters. The zero-order valence-electron chi connectivity index (χ0n) is 6.95. The second kappa shape index (κ2) is 2.66. The van der Waals surface area contributed by atoms with Gasteiger partial charge in [0.2, 0.25) is 0 Å². The molecule has 1 aliphatic carbocycles. The molecule has 2 aromatic carbocycles. The summed E-state index contributed by atoms with van der Waals surface area (Å²) >= 11 is 1.55. The van der Waals surface area contributed by atoms with Crippen LogP contribution in [-0.4, -0.2) is 25.1 Å². The number of hydrogen-bond acceptors (Lipinski definition) is 0. The molecule has 0 nitrogen and oxygen atoms in total. The fourth-order valence-corrected chi connectivity index (χ4v) is 3.07. The van der Waals surface area contributed by atoms with Gasteiger partial charge in [-0.2, -0.15) is 0 Å². The molecule has 1 radical (unpaired) electrons. The summed E-state index contributed by atoms with van der Waals surface area (Å²) in [6, 6.07) is 13.1. The van der Waals surface area contributed by atoms with Crippen molar-refractivity contribution in [2.24, 2.45) is 0 Å². The molecule has 0 saturated heterocycles. The summed E-state index contributed by atoms with van der Waals surface area (Å²) in [5.41, 5.74) is 2.82. The van der Waals surface area contributed by atoms with Gasteiger partial charge in [0.1, 0.15) is 0 Å². The molecular formula is C12H7Po. The normalized spacial score (nSPS) is 13.4. The van der Waals surface area contributed by atoms with Crippen LogP contribution in [0.25, 0.3) is 20.1 Å². The van der Waals surface area contributed by atoms with E-state index in [1.54, 1.807) is 25.1 Å². The van der Waals surface area contributed by atoms with Crippen LogP contribution in [-0.2, 0) is 0 Å². The van der Waals surface area contributed by atoms with E-state index in [0.29, 0.717) is 0 Å².